The lowest BCUT2D eigenvalue weighted by Gasteiger charge is -2.33. The summed E-state index contributed by atoms with van der Waals surface area (Å²) in [4.78, 5) is 7.62. The van der Waals surface area contributed by atoms with Gasteiger partial charge in [-0.3, -0.25) is 0 Å². The summed E-state index contributed by atoms with van der Waals surface area (Å²) in [5.41, 5.74) is 19.5. The summed E-state index contributed by atoms with van der Waals surface area (Å²) in [6.07, 6.45) is 0.793. The zero-order chi connectivity index (χ0) is 55.5. The first-order chi connectivity index (χ1) is 36.4. The van der Waals surface area contributed by atoms with E-state index in [-0.39, 0.29) is 23.3 Å². The summed E-state index contributed by atoms with van der Waals surface area (Å²) in [5, 5.41) is 5.79. The fourth-order valence-electron chi connectivity index (χ4n) is 8.37. The second-order valence-corrected chi connectivity index (χ2v) is 27.2. The van der Waals surface area contributed by atoms with Crippen molar-refractivity contribution in [2.75, 3.05) is 151 Å². The van der Waals surface area contributed by atoms with Crippen LogP contribution in [0.3, 0.4) is 0 Å². The molecular formula is C53H75Cl4N6O10PS2. The highest BCUT2D eigenvalue weighted by molar-refractivity contribution is 7.91. The van der Waals surface area contributed by atoms with Crippen LogP contribution in [0, 0.1) is 0 Å². The van der Waals surface area contributed by atoms with Crippen LogP contribution in [0.2, 0.25) is 20.1 Å². The van der Waals surface area contributed by atoms with E-state index in [1.54, 1.807) is 48.5 Å². The zero-order valence-corrected chi connectivity index (χ0v) is 49.9. The number of ether oxygens (including phenoxy) is 6. The predicted octanol–water partition coefficient (Wildman–Crippen LogP) is 10.2. The second-order valence-electron chi connectivity index (χ2n) is 18.7. The third-order valence-corrected chi connectivity index (χ3v) is 16.5. The van der Waals surface area contributed by atoms with Gasteiger partial charge in [0.05, 0.1) is 87.4 Å². The number of nitrogens with two attached hydrogens (primary N) is 1. The van der Waals surface area contributed by atoms with Gasteiger partial charge in [0.15, 0.2) is 19.7 Å². The molecule has 0 amide bonds. The molecule has 422 valence electrons. The third-order valence-electron chi connectivity index (χ3n) is 11.8. The van der Waals surface area contributed by atoms with Crippen molar-refractivity contribution >= 4 is 74.0 Å². The van der Waals surface area contributed by atoms with Gasteiger partial charge in [-0.2, -0.15) is 0 Å². The molecule has 6 rings (SSSR count). The normalized spacial score (nSPS) is 15.7. The highest BCUT2D eigenvalue weighted by Gasteiger charge is 2.30. The van der Waals surface area contributed by atoms with E-state index in [9.17, 15) is 16.8 Å². The van der Waals surface area contributed by atoms with Gasteiger partial charge in [0.2, 0.25) is 0 Å². The Bertz CT molecular complexity index is 2670. The Morgan fingerprint density at radius 1 is 0.592 bits per heavy atom. The molecule has 0 aliphatic carbocycles. The SMILES string of the molecule is CN1Cc2c(Cl)cc(Cl)cc2C(c2cccc(S(=O)(=O)CCCOCCOCCOCCN)c2)C1.CN1Cc2c(Cl)cc(Cl)cc2C(c2cccc(S(=O)(=O)CCCOCCOCCOCCN=[N+]=[N-])c2)C1.CP(C)C. The minimum Gasteiger partial charge on any atom is -0.379 e. The fraction of sp³-hybridized carbons (Fsp3) is 0.547. The van der Waals surface area contributed by atoms with Gasteiger partial charge < -0.3 is 44.0 Å². The number of hydrogen-bond acceptors (Lipinski definition) is 14. The molecular weight excluding hydrogens is 1120 g/mol. The molecule has 16 nitrogen and oxygen atoms in total. The van der Waals surface area contributed by atoms with Crippen molar-refractivity contribution < 1.29 is 45.3 Å². The summed E-state index contributed by atoms with van der Waals surface area (Å²) < 4.78 is 84.2. The minimum atomic E-state index is -3.47. The maximum absolute atomic E-state index is 13.0. The summed E-state index contributed by atoms with van der Waals surface area (Å²) in [5.74, 6) is -0.0305. The van der Waals surface area contributed by atoms with E-state index in [0.717, 1.165) is 59.6 Å². The van der Waals surface area contributed by atoms with Crippen LogP contribution in [0.4, 0.5) is 0 Å². The quantitative estimate of drug-likeness (QED) is 0.0177. The van der Waals surface area contributed by atoms with Crippen LogP contribution in [-0.4, -0.2) is 178 Å². The lowest BCUT2D eigenvalue weighted by molar-refractivity contribution is 0.0162. The largest absolute Gasteiger partial charge is 0.379 e. The van der Waals surface area contributed by atoms with Crippen LogP contribution in [0.5, 0.6) is 0 Å². The van der Waals surface area contributed by atoms with Crippen LogP contribution in [0.25, 0.3) is 10.4 Å². The van der Waals surface area contributed by atoms with Crippen LogP contribution in [0.15, 0.2) is 87.7 Å². The predicted molar refractivity (Wildman–Crippen MR) is 308 cm³/mol. The van der Waals surface area contributed by atoms with Crippen molar-refractivity contribution in [3.05, 3.63) is 137 Å². The van der Waals surface area contributed by atoms with Gasteiger partial charge in [0, 0.05) is 89.3 Å². The average molecular weight is 1190 g/mol. The van der Waals surface area contributed by atoms with Crippen molar-refractivity contribution in [2.24, 2.45) is 10.8 Å². The Labute approximate surface area is 472 Å². The summed E-state index contributed by atoms with van der Waals surface area (Å²) in [6.45, 7) is 15.4. The highest BCUT2D eigenvalue weighted by Crippen LogP contribution is 2.40. The van der Waals surface area contributed by atoms with Gasteiger partial charge in [-0.05, 0) is 134 Å². The van der Waals surface area contributed by atoms with Crippen molar-refractivity contribution in [2.45, 2.75) is 47.6 Å². The summed E-state index contributed by atoms with van der Waals surface area (Å²) >= 11 is 25.5. The van der Waals surface area contributed by atoms with E-state index in [1.807, 2.05) is 38.4 Å². The van der Waals surface area contributed by atoms with Gasteiger partial charge in [0.25, 0.3) is 0 Å². The molecule has 0 bridgehead atoms. The molecule has 0 fully saturated rings. The molecule has 0 saturated carbocycles. The van der Waals surface area contributed by atoms with E-state index >= 15 is 0 Å². The Hall–Kier alpha value is -2.68. The number of likely N-dealkylation sites (N-methyl/N-ethyl adjacent to an activating group) is 2. The molecule has 2 N–H and O–H groups in total. The Morgan fingerprint density at radius 3 is 1.34 bits per heavy atom. The van der Waals surface area contributed by atoms with Gasteiger partial charge in [0.1, 0.15) is 0 Å². The molecule has 2 unspecified atom stereocenters. The minimum absolute atomic E-state index is 0.00482. The Morgan fingerprint density at radius 2 is 0.961 bits per heavy atom. The first-order valence-electron chi connectivity index (χ1n) is 25.1. The van der Waals surface area contributed by atoms with Crippen LogP contribution >= 0.6 is 54.3 Å². The number of halogens is 4. The molecule has 2 heterocycles. The first kappa shape index (κ1) is 65.8. The van der Waals surface area contributed by atoms with Crippen LogP contribution in [0.1, 0.15) is 58.1 Å². The molecule has 76 heavy (non-hydrogen) atoms. The molecule has 2 aliphatic rings. The molecule has 0 saturated heterocycles. The number of sulfone groups is 2. The maximum atomic E-state index is 13.0. The standard InChI is InChI=1S/C25H32Cl2N4O5S.C25H34Cl2N2O5S.C3H9P/c1-31-17-23(22-15-20(26)16-25(27)24(22)18-31)19-4-2-5-21(14-19)37(32,33)13-3-7-34-9-11-36-12-10-35-8-6-29-30-28;1-29-17-23(22-15-20(26)16-25(27)24(22)18-29)19-4-2-5-21(14-19)35(30,31)13-3-7-32-9-11-34-12-10-33-8-6-28;1-4(2)3/h2,4-5,14-16,23H,3,6-13,17-18H2,1H3;2,4-5,14-16,23H,3,6-13,17-18,28H2,1H3;1-3H3. The number of hydrogen-bond donors (Lipinski definition) is 1. The Balaban J connectivity index is 0.000000307. The molecule has 4 aromatic carbocycles. The highest BCUT2D eigenvalue weighted by atomic mass is 35.5. The molecule has 0 radical (unpaired) electrons. The van der Waals surface area contributed by atoms with Crippen molar-refractivity contribution in [1.29, 1.82) is 0 Å². The molecule has 2 atom stereocenters. The molecule has 0 aromatic heterocycles. The number of azide groups is 1. The van der Waals surface area contributed by atoms with Crippen molar-refractivity contribution in [3.63, 3.8) is 0 Å². The fourth-order valence-corrected chi connectivity index (χ4v) is 12.2. The molecule has 4 aromatic rings. The van der Waals surface area contributed by atoms with E-state index < -0.39 is 19.7 Å². The topological polar surface area (TPSA) is 205 Å². The number of fused-ring (bicyclic) bond motifs is 2. The van der Waals surface area contributed by atoms with E-state index in [1.165, 1.54) is 0 Å². The monoisotopic (exact) mass is 1190 g/mol. The van der Waals surface area contributed by atoms with Gasteiger partial charge >= 0.3 is 0 Å². The van der Waals surface area contributed by atoms with Crippen LogP contribution in [-0.2, 0) is 61.2 Å². The van der Waals surface area contributed by atoms with E-state index in [4.69, 9.17) is 86.1 Å². The van der Waals surface area contributed by atoms with E-state index in [2.05, 4.69) is 39.8 Å². The average Bonchev–Trinajstić information content (AvgIpc) is 3.37. The van der Waals surface area contributed by atoms with Gasteiger partial charge in [-0.1, -0.05) is 75.8 Å². The van der Waals surface area contributed by atoms with Crippen molar-refractivity contribution in [3.8, 4) is 0 Å². The van der Waals surface area contributed by atoms with Gasteiger partial charge in [-0.25, -0.2) is 16.8 Å². The smallest absolute Gasteiger partial charge is 0.178 e. The molecule has 2 aliphatic heterocycles. The van der Waals surface area contributed by atoms with E-state index in [0.29, 0.717) is 143 Å². The molecule has 0 spiro atoms. The number of nitrogens with zero attached hydrogens (tertiary/aromatic N) is 5. The van der Waals surface area contributed by atoms with Crippen molar-refractivity contribution in [1.82, 2.24) is 9.80 Å². The lowest BCUT2D eigenvalue weighted by atomic mass is 9.85. The molecule has 23 heteroatoms. The number of rotatable bonds is 29. The number of benzene rings is 4. The maximum Gasteiger partial charge on any atom is 0.178 e. The summed E-state index contributed by atoms with van der Waals surface area (Å²) in [7, 11) is -2.48. The zero-order valence-electron chi connectivity index (χ0n) is 44.3. The lowest BCUT2D eigenvalue weighted by Crippen LogP contribution is -2.31. The third kappa shape index (κ3) is 23.2. The van der Waals surface area contributed by atoms with Gasteiger partial charge in [-0.15, -0.1) is 7.92 Å². The first-order valence-corrected chi connectivity index (χ1v) is 32.6. The Kier molecular flexibility index (Phi) is 30.4. The van der Waals surface area contributed by atoms with Crippen LogP contribution < -0.4 is 5.73 Å². The second kappa shape index (κ2) is 35.1. The summed E-state index contributed by atoms with van der Waals surface area (Å²) in [6, 6.07) is 21.7.